The fourth-order valence-corrected chi connectivity index (χ4v) is 5.47. The zero-order chi connectivity index (χ0) is 26.3. The summed E-state index contributed by atoms with van der Waals surface area (Å²) in [7, 11) is 0. The number of halogens is 3. The first kappa shape index (κ1) is 25.5. The van der Waals surface area contributed by atoms with Crippen molar-refractivity contribution in [3.63, 3.8) is 0 Å². The predicted octanol–water partition coefficient (Wildman–Crippen LogP) is 5.39. The van der Waals surface area contributed by atoms with E-state index in [1.807, 2.05) is 6.07 Å². The molecule has 0 amide bonds. The first-order valence-corrected chi connectivity index (χ1v) is 13.0. The summed E-state index contributed by atoms with van der Waals surface area (Å²) in [5.41, 5.74) is 1.46. The topological polar surface area (TPSA) is 85.7 Å². The molecule has 2 aromatic heterocycles. The van der Waals surface area contributed by atoms with Gasteiger partial charge in [-0.1, -0.05) is 23.2 Å². The van der Waals surface area contributed by atoms with E-state index in [4.69, 9.17) is 33.2 Å². The summed E-state index contributed by atoms with van der Waals surface area (Å²) < 4.78 is 13.8. The molecule has 2 atom stereocenters. The molecule has 4 heterocycles. The quantitative estimate of drug-likeness (QED) is 0.457. The van der Waals surface area contributed by atoms with Crippen LogP contribution in [0.4, 0.5) is 22.0 Å². The number of anilines is 3. The molecule has 11 heteroatoms. The summed E-state index contributed by atoms with van der Waals surface area (Å²) in [6.45, 7) is 7.05. The molecule has 194 valence electrons. The van der Waals surface area contributed by atoms with Crippen molar-refractivity contribution in [1.82, 2.24) is 15.0 Å². The third kappa shape index (κ3) is 5.15. The zero-order valence-corrected chi connectivity index (χ0v) is 22.0. The van der Waals surface area contributed by atoms with E-state index in [-0.39, 0.29) is 16.6 Å². The van der Waals surface area contributed by atoms with Gasteiger partial charge in [0, 0.05) is 56.1 Å². The van der Waals surface area contributed by atoms with E-state index in [0.717, 1.165) is 30.8 Å². The number of aromatic carboxylic acids is 1. The van der Waals surface area contributed by atoms with Gasteiger partial charge in [0.15, 0.2) is 0 Å². The minimum absolute atomic E-state index is 0.0500. The summed E-state index contributed by atoms with van der Waals surface area (Å²) >= 11 is 12.5. The van der Waals surface area contributed by atoms with Crippen LogP contribution >= 0.6 is 23.2 Å². The van der Waals surface area contributed by atoms with Crippen LogP contribution in [-0.2, 0) is 0 Å². The molecule has 1 N–H and O–H groups in total. The maximum absolute atomic E-state index is 13.8. The van der Waals surface area contributed by atoms with Gasteiger partial charge in [-0.3, -0.25) is 0 Å². The second-order valence-corrected chi connectivity index (χ2v) is 10.4. The molecule has 2 saturated heterocycles. The van der Waals surface area contributed by atoms with E-state index < -0.39 is 11.8 Å². The van der Waals surface area contributed by atoms with Crippen molar-refractivity contribution in [2.75, 3.05) is 40.9 Å². The Morgan fingerprint density at radius 1 is 1.03 bits per heavy atom. The van der Waals surface area contributed by atoms with E-state index in [1.165, 1.54) is 18.3 Å². The van der Waals surface area contributed by atoms with E-state index in [9.17, 15) is 14.3 Å². The number of rotatable bonds is 5. The van der Waals surface area contributed by atoms with Crippen molar-refractivity contribution in [2.45, 2.75) is 38.8 Å². The highest BCUT2D eigenvalue weighted by Crippen LogP contribution is 2.33. The van der Waals surface area contributed by atoms with Crippen LogP contribution in [0.5, 0.6) is 0 Å². The van der Waals surface area contributed by atoms with Crippen LogP contribution < -0.4 is 14.7 Å². The third-order valence-electron chi connectivity index (χ3n) is 7.02. The molecule has 2 fully saturated rings. The lowest BCUT2D eigenvalue weighted by Gasteiger charge is -2.41. The van der Waals surface area contributed by atoms with Crippen molar-refractivity contribution in [3.05, 3.63) is 58.0 Å². The first-order valence-electron chi connectivity index (χ1n) is 12.2. The van der Waals surface area contributed by atoms with Gasteiger partial charge < -0.3 is 19.8 Å². The molecule has 37 heavy (non-hydrogen) atoms. The molecular weight excluding hydrogens is 518 g/mol. The monoisotopic (exact) mass is 544 g/mol. The summed E-state index contributed by atoms with van der Waals surface area (Å²) in [6.07, 6.45) is 3.49. The van der Waals surface area contributed by atoms with Crippen LogP contribution in [0.3, 0.4) is 0 Å². The van der Waals surface area contributed by atoms with Crippen molar-refractivity contribution in [2.24, 2.45) is 0 Å². The molecule has 1 aromatic carbocycles. The molecule has 3 aromatic rings. The number of aromatic nitrogens is 3. The Morgan fingerprint density at radius 3 is 2.49 bits per heavy atom. The second-order valence-electron chi connectivity index (χ2n) is 9.55. The molecule has 2 aliphatic heterocycles. The molecule has 0 aliphatic carbocycles. The molecule has 2 unspecified atom stereocenters. The fraction of sp³-hybridized carbons (Fsp3) is 0.385. The average Bonchev–Trinajstić information content (AvgIpc) is 3.31. The molecule has 2 aliphatic rings. The maximum Gasteiger partial charge on any atom is 0.337 e. The lowest BCUT2D eigenvalue weighted by atomic mass is 10.1. The highest BCUT2D eigenvalue weighted by Gasteiger charge is 2.30. The Kier molecular flexibility index (Phi) is 7.09. The molecule has 0 spiro atoms. The Labute approximate surface area is 224 Å². The van der Waals surface area contributed by atoms with Gasteiger partial charge in [-0.25, -0.2) is 19.2 Å². The minimum atomic E-state index is -1.07. The fourth-order valence-electron chi connectivity index (χ4n) is 5.00. The molecule has 5 rings (SSSR count). The molecule has 0 bridgehead atoms. The van der Waals surface area contributed by atoms with E-state index in [1.54, 1.807) is 12.1 Å². The van der Waals surface area contributed by atoms with Crippen molar-refractivity contribution in [1.29, 1.82) is 0 Å². The molecular formula is C26H27Cl2FN6O2. The lowest BCUT2D eigenvalue weighted by molar-refractivity contribution is 0.0696. The normalized spacial score (nSPS) is 20.0. The number of piperazine rings is 1. The largest absolute Gasteiger partial charge is 0.478 e. The number of benzene rings is 1. The maximum atomic E-state index is 13.8. The molecule has 0 radical (unpaired) electrons. The number of hydrogen-bond donors (Lipinski definition) is 1. The zero-order valence-electron chi connectivity index (χ0n) is 20.5. The van der Waals surface area contributed by atoms with Gasteiger partial charge in [-0.15, -0.1) is 0 Å². The Bertz CT molecular complexity index is 1340. The van der Waals surface area contributed by atoms with Gasteiger partial charge in [0.25, 0.3) is 0 Å². The van der Waals surface area contributed by atoms with Gasteiger partial charge in [0.1, 0.15) is 17.5 Å². The Balaban J connectivity index is 1.46. The lowest BCUT2D eigenvalue weighted by Crippen LogP contribution is -2.52. The smallest absolute Gasteiger partial charge is 0.337 e. The van der Waals surface area contributed by atoms with E-state index >= 15 is 0 Å². The predicted molar refractivity (Wildman–Crippen MR) is 144 cm³/mol. The van der Waals surface area contributed by atoms with Crippen LogP contribution in [0.15, 0.2) is 36.5 Å². The van der Waals surface area contributed by atoms with Crippen molar-refractivity contribution < 1.29 is 14.3 Å². The number of carbonyl (C=O) groups is 1. The summed E-state index contributed by atoms with van der Waals surface area (Å²) in [5, 5.41) is 9.56. The number of carboxylic acids is 1. The van der Waals surface area contributed by atoms with Gasteiger partial charge in [0.05, 0.1) is 21.3 Å². The molecule has 8 nitrogen and oxygen atoms in total. The number of carboxylic acid groups (broad SMARTS) is 1. The Morgan fingerprint density at radius 2 is 1.84 bits per heavy atom. The van der Waals surface area contributed by atoms with Crippen LogP contribution in [0.2, 0.25) is 10.0 Å². The van der Waals surface area contributed by atoms with Gasteiger partial charge in [-0.05, 0) is 51.0 Å². The van der Waals surface area contributed by atoms with Gasteiger partial charge in [-0.2, -0.15) is 4.98 Å². The number of nitrogens with zero attached hydrogens (tertiary/aromatic N) is 6. The van der Waals surface area contributed by atoms with Crippen LogP contribution in [0, 0.1) is 5.82 Å². The third-order valence-corrected chi connectivity index (χ3v) is 7.58. The van der Waals surface area contributed by atoms with Crippen molar-refractivity contribution >= 4 is 46.8 Å². The average molecular weight is 545 g/mol. The summed E-state index contributed by atoms with van der Waals surface area (Å²) in [6, 6.07) is 8.36. The SMILES string of the molecule is CC1CN(c2ncc(C(=O)O)cc2Cl)CCN1c1cc(-c2ccc(F)c(Cl)c2)nc(N2CCCC2C)n1. The molecule has 0 saturated carbocycles. The highest BCUT2D eigenvalue weighted by atomic mass is 35.5. The van der Waals surface area contributed by atoms with Gasteiger partial charge in [0.2, 0.25) is 5.95 Å². The summed E-state index contributed by atoms with van der Waals surface area (Å²) in [5.74, 6) is 0.466. The first-order chi connectivity index (χ1) is 17.7. The highest BCUT2D eigenvalue weighted by molar-refractivity contribution is 6.33. The van der Waals surface area contributed by atoms with Crippen molar-refractivity contribution in [3.8, 4) is 11.3 Å². The van der Waals surface area contributed by atoms with E-state index in [2.05, 4.69) is 33.5 Å². The van der Waals surface area contributed by atoms with Crippen LogP contribution in [0.1, 0.15) is 37.0 Å². The van der Waals surface area contributed by atoms with Crippen LogP contribution in [-0.4, -0.2) is 64.3 Å². The number of pyridine rings is 1. The summed E-state index contributed by atoms with van der Waals surface area (Å²) in [4.78, 5) is 31.9. The van der Waals surface area contributed by atoms with Gasteiger partial charge >= 0.3 is 5.97 Å². The standard InChI is InChI=1S/C26H27Cl2FN6O2/c1-15-4-3-7-35(15)26-31-22(17-5-6-21(29)19(27)10-17)12-23(32-26)34-9-8-33(14-16(34)2)24-20(28)11-18(13-30-24)25(36)37/h5-6,10-13,15-16H,3-4,7-9,14H2,1-2H3,(H,36,37). The Hall–Kier alpha value is -3.17. The minimum Gasteiger partial charge on any atom is -0.478 e. The van der Waals surface area contributed by atoms with E-state index in [0.29, 0.717) is 48.2 Å². The second kappa shape index (κ2) is 10.3. The van der Waals surface area contributed by atoms with Crippen LogP contribution in [0.25, 0.3) is 11.3 Å². The number of hydrogen-bond acceptors (Lipinski definition) is 7.